The maximum atomic E-state index is 15.0. The monoisotopic (exact) mass is 655 g/mol. The molecule has 3 heterocycles. The summed E-state index contributed by atoms with van der Waals surface area (Å²) in [7, 11) is 1.18. The van der Waals surface area contributed by atoms with E-state index in [1.54, 1.807) is 20.8 Å². The van der Waals surface area contributed by atoms with E-state index in [0.717, 1.165) is 29.8 Å². The second-order valence-corrected chi connectivity index (χ2v) is 12.6. The van der Waals surface area contributed by atoms with Gasteiger partial charge in [0.15, 0.2) is 11.6 Å². The molecule has 2 amide bonds. The Hall–Kier alpha value is -4.88. The van der Waals surface area contributed by atoms with Crippen molar-refractivity contribution in [2.75, 3.05) is 30.4 Å². The van der Waals surface area contributed by atoms with E-state index in [4.69, 9.17) is 9.47 Å². The Morgan fingerprint density at radius 1 is 1.09 bits per heavy atom. The highest BCUT2D eigenvalue weighted by molar-refractivity contribution is 6.05. The number of methoxy groups -OCH3 is 1. The molecule has 47 heavy (non-hydrogen) atoms. The van der Waals surface area contributed by atoms with E-state index in [9.17, 15) is 28.3 Å². The van der Waals surface area contributed by atoms with Crippen LogP contribution >= 0.6 is 0 Å². The zero-order valence-corrected chi connectivity index (χ0v) is 26.5. The number of halogens is 3. The maximum absolute atomic E-state index is 15.0. The van der Waals surface area contributed by atoms with Crippen LogP contribution in [0.2, 0.25) is 0 Å². The zero-order valence-electron chi connectivity index (χ0n) is 26.5. The van der Waals surface area contributed by atoms with Gasteiger partial charge in [-0.25, -0.2) is 22.9 Å². The molecule has 3 N–H and O–H groups in total. The van der Waals surface area contributed by atoms with Crippen LogP contribution < -0.4 is 20.3 Å². The average Bonchev–Trinajstić information content (AvgIpc) is 3.39. The van der Waals surface area contributed by atoms with Gasteiger partial charge in [0.1, 0.15) is 28.6 Å². The van der Waals surface area contributed by atoms with Crippen LogP contribution in [-0.2, 0) is 16.0 Å². The van der Waals surface area contributed by atoms with Gasteiger partial charge in [-0.3, -0.25) is 14.6 Å². The first-order valence-electron chi connectivity index (χ1n) is 15.2. The Balaban J connectivity index is 1.48. The molecule has 1 unspecified atom stereocenters. The number of hydrogen-bond donors (Lipinski definition) is 3. The number of pyridine rings is 2. The van der Waals surface area contributed by atoms with E-state index < -0.39 is 52.3 Å². The normalized spacial score (nSPS) is 17.6. The number of hydrogen-bond acceptors (Lipinski definition) is 8. The van der Waals surface area contributed by atoms with Gasteiger partial charge in [-0.2, -0.15) is 0 Å². The number of rotatable bonds is 8. The van der Waals surface area contributed by atoms with Crippen molar-refractivity contribution in [3.05, 3.63) is 64.9 Å². The van der Waals surface area contributed by atoms with E-state index in [1.807, 2.05) is 4.90 Å². The Kier molecular flexibility index (Phi) is 9.59. The smallest absolute Gasteiger partial charge is 0.407 e. The van der Waals surface area contributed by atoms with Crippen molar-refractivity contribution in [1.82, 2.24) is 15.3 Å². The Bertz CT molecular complexity index is 1710. The maximum Gasteiger partial charge on any atom is 0.407 e. The number of carbonyl (C=O) groups is 3. The lowest BCUT2D eigenvalue weighted by molar-refractivity contribution is -0.137. The third-order valence-corrected chi connectivity index (χ3v) is 8.03. The highest BCUT2D eigenvalue weighted by Crippen LogP contribution is 2.43. The molecule has 0 radical (unpaired) electrons. The summed E-state index contributed by atoms with van der Waals surface area (Å²) in [6.07, 6.45) is 3.22. The molecule has 1 aliphatic carbocycles. The van der Waals surface area contributed by atoms with Crippen LogP contribution in [0.4, 0.5) is 29.3 Å². The summed E-state index contributed by atoms with van der Waals surface area (Å²) < 4.78 is 54.9. The van der Waals surface area contributed by atoms with Gasteiger partial charge in [0, 0.05) is 30.7 Å². The molecule has 11 nitrogen and oxygen atoms in total. The molecule has 2 atom stereocenters. The molecule has 1 aliphatic heterocycles. The van der Waals surface area contributed by atoms with Gasteiger partial charge in [0.25, 0.3) is 5.91 Å². The van der Waals surface area contributed by atoms with Crippen LogP contribution in [0, 0.1) is 17.5 Å². The lowest BCUT2D eigenvalue weighted by Gasteiger charge is -2.37. The minimum absolute atomic E-state index is 0.104. The van der Waals surface area contributed by atoms with Crippen molar-refractivity contribution in [2.24, 2.45) is 0 Å². The van der Waals surface area contributed by atoms with Crippen molar-refractivity contribution in [3.63, 3.8) is 0 Å². The standard InChI is InChI=1S/C33H36F3N5O6/c1-33(2,3)47-32(45)38-18-6-5-13-41(16-18)30-19-8-7-17(14-25(42)43)28(19)37-15-23(30)40-31(44)22-11-9-21(35)29(39-22)26-20(34)10-12-24(46-4)27(26)36/h9-12,15,17-18H,5-8,13-14,16H2,1-4H3,(H,38,45)(H,40,44)(H,42,43)/t17?,18-/m0/s1. The van der Waals surface area contributed by atoms with Crippen LogP contribution in [0.25, 0.3) is 11.3 Å². The summed E-state index contributed by atoms with van der Waals surface area (Å²) in [4.78, 5) is 48.2. The summed E-state index contributed by atoms with van der Waals surface area (Å²) in [5.74, 6) is -5.70. The summed E-state index contributed by atoms with van der Waals surface area (Å²) in [6.45, 7) is 6.25. The number of alkyl carbamates (subject to hydrolysis) is 1. The first kappa shape index (κ1) is 33.5. The molecule has 1 fully saturated rings. The minimum Gasteiger partial charge on any atom is -0.494 e. The predicted octanol–water partition coefficient (Wildman–Crippen LogP) is 5.82. The number of aliphatic carboxylic acids is 1. The highest BCUT2D eigenvalue weighted by Gasteiger charge is 2.34. The van der Waals surface area contributed by atoms with Gasteiger partial charge < -0.3 is 30.1 Å². The molecule has 1 aromatic carbocycles. The fourth-order valence-corrected chi connectivity index (χ4v) is 6.08. The fraction of sp³-hybridized carbons (Fsp3) is 0.424. The van der Waals surface area contributed by atoms with E-state index in [0.29, 0.717) is 50.2 Å². The number of amides is 2. The second kappa shape index (κ2) is 13.5. The van der Waals surface area contributed by atoms with Gasteiger partial charge in [-0.1, -0.05) is 0 Å². The number of carboxylic acid groups (broad SMARTS) is 1. The number of carbonyl (C=O) groups excluding carboxylic acids is 2. The number of benzene rings is 1. The second-order valence-electron chi connectivity index (χ2n) is 12.6. The van der Waals surface area contributed by atoms with Crippen LogP contribution in [0.15, 0.2) is 30.5 Å². The van der Waals surface area contributed by atoms with E-state index in [1.165, 1.54) is 13.3 Å². The molecule has 0 saturated carbocycles. The molecule has 14 heteroatoms. The third kappa shape index (κ3) is 7.42. The molecule has 1 saturated heterocycles. The Morgan fingerprint density at radius 3 is 2.53 bits per heavy atom. The van der Waals surface area contributed by atoms with Crippen molar-refractivity contribution >= 4 is 29.3 Å². The number of nitrogens with zero attached hydrogens (tertiary/aromatic N) is 3. The Labute approximate surface area is 269 Å². The highest BCUT2D eigenvalue weighted by atomic mass is 19.1. The largest absolute Gasteiger partial charge is 0.494 e. The van der Waals surface area contributed by atoms with Crippen molar-refractivity contribution in [2.45, 2.75) is 70.4 Å². The summed E-state index contributed by atoms with van der Waals surface area (Å²) in [5.41, 5.74) is -0.178. The quantitative estimate of drug-likeness (QED) is 0.274. The number of nitrogens with one attached hydrogen (secondary N) is 2. The zero-order chi connectivity index (χ0) is 34.0. The molecule has 2 aliphatic rings. The van der Waals surface area contributed by atoms with Crippen LogP contribution in [0.1, 0.15) is 74.1 Å². The van der Waals surface area contributed by atoms with Gasteiger partial charge in [0.05, 0.1) is 36.7 Å². The number of carboxylic acids is 1. The predicted molar refractivity (Wildman–Crippen MR) is 166 cm³/mol. The van der Waals surface area contributed by atoms with Crippen LogP contribution in [0.3, 0.4) is 0 Å². The number of piperidine rings is 1. The molecule has 0 bridgehead atoms. The summed E-state index contributed by atoms with van der Waals surface area (Å²) in [5, 5.41) is 15.2. The number of ether oxygens (including phenoxy) is 2. The van der Waals surface area contributed by atoms with Crippen molar-refractivity contribution < 1.29 is 42.1 Å². The SMILES string of the molecule is COc1ccc(F)c(-c2nc(C(=O)Nc3cnc4c(c3N3CCC[C@H](NC(=O)OC(C)(C)C)C3)CCC4CC(=O)O)ccc2F)c1F. The summed E-state index contributed by atoms with van der Waals surface area (Å²) >= 11 is 0. The number of aromatic nitrogens is 2. The lowest BCUT2D eigenvalue weighted by Crippen LogP contribution is -2.49. The molecule has 3 aromatic rings. The first-order valence-corrected chi connectivity index (χ1v) is 15.2. The van der Waals surface area contributed by atoms with Crippen LogP contribution in [-0.4, -0.2) is 64.9 Å². The minimum atomic E-state index is -1.17. The van der Waals surface area contributed by atoms with E-state index >= 15 is 4.39 Å². The topological polar surface area (TPSA) is 143 Å². The molecule has 0 spiro atoms. The number of anilines is 2. The summed E-state index contributed by atoms with van der Waals surface area (Å²) in [6, 6.07) is 3.67. The van der Waals surface area contributed by atoms with E-state index in [2.05, 4.69) is 20.6 Å². The van der Waals surface area contributed by atoms with Crippen molar-refractivity contribution in [1.29, 1.82) is 0 Å². The first-order chi connectivity index (χ1) is 22.3. The van der Waals surface area contributed by atoms with Gasteiger partial charge in [0.2, 0.25) is 0 Å². The van der Waals surface area contributed by atoms with Gasteiger partial charge >= 0.3 is 12.1 Å². The fourth-order valence-electron chi connectivity index (χ4n) is 6.08. The third-order valence-electron chi connectivity index (χ3n) is 8.03. The van der Waals surface area contributed by atoms with Crippen LogP contribution in [0.5, 0.6) is 5.75 Å². The average molecular weight is 656 g/mol. The number of fused-ring (bicyclic) bond motifs is 1. The van der Waals surface area contributed by atoms with Gasteiger partial charge in [-0.15, -0.1) is 0 Å². The van der Waals surface area contributed by atoms with E-state index in [-0.39, 0.29) is 35.5 Å². The van der Waals surface area contributed by atoms with Gasteiger partial charge in [-0.05, 0) is 76.3 Å². The molecule has 5 rings (SSSR count). The molecular formula is C33H36F3N5O6. The van der Waals surface area contributed by atoms with Crippen molar-refractivity contribution in [3.8, 4) is 17.0 Å². The lowest BCUT2D eigenvalue weighted by atomic mass is 10.0. The Morgan fingerprint density at radius 2 is 1.83 bits per heavy atom. The molecular weight excluding hydrogens is 619 g/mol. The molecule has 250 valence electrons. The molecule has 2 aromatic heterocycles.